The number of halogens is 3. The summed E-state index contributed by atoms with van der Waals surface area (Å²) in [6.07, 6.45) is -0.860. The minimum absolute atomic E-state index is 0.436. The van der Waals surface area contributed by atoms with Crippen LogP contribution in [0, 0.1) is 0 Å². The van der Waals surface area contributed by atoms with E-state index in [0.29, 0.717) is 12.0 Å². The fraction of sp³-hybridized carbons (Fsp3) is 0.308. The van der Waals surface area contributed by atoms with Crippen LogP contribution in [-0.4, -0.2) is 31.0 Å². The van der Waals surface area contributed by atoms with Crippen LogP contribution in [0.25, 0.3) is 6.08 Å². The largest absolute Gasteiger partial charge is 0.573 e. The maximum atomic E-state index is 12.2. The normalized spacial score (nSPS) is 11.8. The molecule has 2 N–H and O–H groups in total. The van der Waals surface area contributed by atoms with Crippen LogP contribution in [0.2, 0.25) is 0 Å². The Morgan fingerprint density at radius 2 is 2.15 bits per heavy atom. The summed E-state index contributed by atoms with van der Waals surface area (Å²) in [5.74, 6) is -2.20. The Balaban J connectivity index is 2.98. The second kappa shape index (κ2) is 6.95. The van der Waals surface area contributed by atoms with Crippen molar-refractivity contribution in [2.75, 3.05) is 13.6 Å². The molecule has 0 heterocycles. The van der Waals surface area contributed by atoms with Gasteiger partial charge in [0.05, 0.1) is 0 Å². The Morgan fingerprint density at radius 3 is 2.70 bits per heavy atom. The number of alkyl halides is 3. The van der Waals surface area contributed by atoms with Crippen molar-refractivity contribution in [3.8, 4) is 5.75 Å². The fourth-order valence-electron chi connectivity index (χ4n) is 1.48. The number of benzene rings is 1. The molecule has 4 nitrogen and oxygen atoms in total. The highest BCUT2D eigenvalue weighted by molar-refractivity contribution is 5.91. The molecule has 1 rings (SSSR count). The molecule has 0 unspecified atom stereocenters. The SMILES string of the molecule is CNCCC=Cc1ccc(C(=O)O)c(OC(F)(F)F)c1. The number of rotatable bonds is 6. The van der Waals surface area contributed by atoms with E-state index in [2.05, 4.69) is 10.1 Å². The van der Waals surface area contributed by atoms with Crippen molar-refractivity contribution in [2.45, 2.75) is 12.8 Å². The first kappa shape index (κ1) is 16.0. The molecule has 0 atom stereocenters. The van der Waals surface area contributed by atoms with E-state index in [-0.39, 0.29) is 0 Å². The third kappa shape index (κ3) is 5.31. The summed E-state index contributed by atoms with van der Waals surface area (Å²) in [5.41, 5.74) is -0.0972. The zero-order valence-electron chi connectivity index (χ0n) is 10.7. The average molecular weight is 289 g/mol. The highest BCUT2D eigenvalue weighted by Crippen LogP contribution is 2.28. The summed E-state index contributed by atoms with van der Waals surface area (Å²) in [6.45, 7) is 0.732. The van der Waals surface area contributed by atoms with Gasteiger partial charge < -0.3 is 15.2 Å². The average Bonchev–Trinajstić information content (AvgIpc) is 2.32. The van der Waals surface area contributed by atoms with Gasteiger partial charge in [0.15, 0.2) is 0 Å². The monoisotopic (exact) mass is 289 g/mol. The zero-order chi connectivity index (χ0) is 15.2. The summed E-state index contributed by atoms with van der Waals surface area (Å²) in [5, 5.41) is 11.7. The molecule has 0 amide bonds. The first-order chi connectivity index (χ1) is 9.33. The van der Waals surface area contributed by atoms with Gasteiger partial charge in [-0.2, -0.15) is 0 Å². The van der Waals surface area contributed by atoms with Crippen molar-refractivity contribution in [2.24, 2.45) is 0 Å². The van der Waals surface area contributed by atoms with Crippen LogP contribution in [0.4, 0.5) is 13.2 Å². The van der Waals surface area contributed by atoms with Crippen molar-refractivity contribution in [3.63, 3.8) is 0 Å². The Hall–Kier alpha value is -2.02. The van der Waals surface area contributed by atoms with Crippen molar-refractivity contribution in [1.82, 2.24) is 5.32 Å². The van der Waals surface area contributed by atoms with E-state index in [1.54, 1.807) is 19.2 Å². The van der Waals surface area contributed by atoms with Crippen molar-refractivity contribution >= 4 is 12.0 Å². The van der Waals surface area contributed by atoms with E-state index < -0.39 is 23.6 Å². The molecule has 0 saturated carbocycles. The molecular formula is C13H14F3NO3. The molecule has 0 spiro atoms. The van der Waals surface area contributed by atoms with Crippen molar-refractivity contribution in [1.29, 1.82) is 0 Å². The van der Waals surface area contributed by atoms with Crippen LogP contribution in [0.15, 0.2) is 24.3 Å². The third-order valence-electron chi connectivity index (χ3n) is 2.33. The number of aromatic carboxylic acids is 1. The van der Waals surface area contributed by atoms with E-state index in [0.717, 1.165) is 18.7 Å². The first-order valence-corrected chi connectivity index (χ1v) is 5.77. The van der Waals surface area contributed by atoms with Gasteiger partial charge in [0.25, 0.3) is 0 Å². The van der Waals surface area contributed by atoms with Crippen LogP contribution in [0.5, 0.6) is 5.75 Å². The molecule has 110 valence electrons. The highest BCUT2D eigenvalue weighted by atomic mass is 19.4. The van der Waals surface area contributed by atoms with E-state index in [9.17, 15) is 18.0 Å². The smallest absolute Gasteiger partial charge is 0.478 e. The quantitative estimate of drug-likeness (QED) is 0.791. The van der Waals surface area contributed by atoms with Gasteiger partial charge in [-0.05, 0) is 37.7 Å². The molecule has 1 aromatic carbocycles. The lowest BCUT2D eigenvalue weighted by Crippen LogP contribution is -2.19. The Labute approximate surface area is 113 Å². The second-order valence-electron chi connectivity index (χ2n) is 3.90. The maximum absolute atomic E-state index is 12.2. The van der Waals surface area contributed by atoms with Gasteiger partial charge >= 0.3 is 12.3 Å². The van der Waals surface area contributed by atoms with Crippen LogP contribution in [-0.2, 0) is 0 Å². The maximum Gasteiger partial charge on any atom is 0.573 e. The highest BCUT2D eigenvalue weighted by Gasteiger charge is 2.33. The molecular weight excluding hydrogens is 275 g/mol. The molecule has 0 aliphatic carbocycles. The predicted octanol–water partition coefficient (Wildman–Crippen LogP) is 2.91. The van der Waals surface area contributed by atoms with Gasteiger partial charge in [-0.15, -0.1) is 13.2 Å². The summed E-state index contributed by atoms with van der Waals surface area (Å²) >= 11 is 0. The molecule has 7 heteroatoms. The summed E-state index contributed by atoms with van der Waals surface area (Å²) in [4.78, 5) is 10.8. The molecule has 0 fully saturated rings. The van der Waals surface area contributed by atoms with Gasteiger partial charge in [-0.1, -0.05) is 18.2 Å². The Morgan fingerprint density at radius 1 is 1.45 bits per heavy atom. The van der Waals surface area contributed by atoms with Gasteiger partial charge in [0.2, 0.25) is 0 Å². The van der Waals surface area contributed by atoms with E-state index in [4.69, 9.17) is 5.11 Å². The zero-order valence-corrected chi connectivity index (χ0v) is 10.7. The molecule has 0 aliphatic rings. The molecule has 0 aromatic heterocycles. The number of carbonyl (C=O) groups is 1. The number of carboxylic acid groups (broad SMARTS) is 1. The van der Waals surface area contributed by atoms with Gasteiger partial charge in [0, 0.05) is 0 Å². The number of hydrogen-bond donors (Lipinski definition) is 2. The molecule has 0 aliphatic heterocycles. The standard InChI is InChI=1S/C13H14F3NO3/c1-17-7-3-2-4-9-5-6-10(12(18)19)11(8-9)20-13(14,15)16/h2,4-6,8,17H,3,7H2,1H3,(H,18,19). The summed E-state index contributed by atoms with van der Waals surface area (Å²) < 4.78 is 40.4. The number of ether oxygens (including phenoxy) is 1. The summed E-state index contributed by atoms with van der Waals surface area (Å²) in [6, 6.07) is 3.55. The number of nitrogens with one attached hydrogen (secondary N) is 1. The van der Waals surface area contributed by atoms with E-state index in [1.807, 2.05) is 0 Å². The van der Waals surface area contributed by atoms with Crippen molar-refractivity contribution < 1.29 is 27.8 Å². The fourth-order valence-corrected chi connectivity index (χ4v) is 1.48. The molecule has 0 radical (unpaired) electrons. The predicted molar refractivity (Wildman–Crippen MR) is 67.7 cm³/mol. The molecule has 0 bridgehead atoms. The first-order valence-electron chi connectivity index (χ1n) is 5.77. The molecule has 0 saturated heterocycles. The lowest BCUT2D eigenvalue weighted by Gasteiger charge is -2.11. The third-order valence-corrected chi connectivity index (χ3v) is 2.33. The number of hydrogen-bond acceptors (Lipinski definition) is 3. The van der Waals surface area contributed by atoms with E-state index in [1.165, 1.54) is 6.07 Å². The van der Waals surface area contributed by atoms with Gasteiger partial charge in [0.1, 0.15) is 11.3 Å². The minimum atomic E-state index is -4.93. The lowest BCUT2D eigenvalue weighted by molar-refractivity contribution is -0.274. The lowest BCUT2D eigenvalue weighted by atomic mass is 10.1. The Kier molecular flexibility index (Phi) is 5.57. The molecule has 20 heavy (non-hydrogen) atoms. The van der Waals surface area contributed by atoms with E-state index >= 15 is 0 Å². The van der Waals surface area contributed by atoms with Crippen LogP contribution in [0.1, 0.15) is 22.3 Å². The number of carboxylic acids is 1. The van der Waals surface area contributed by atoms with Crippen molar-refractivity contribution in [3.05, 3.63) is 35.4 Å². The molecule has 1 aromatic rings. The Bertz CT molecular complexity index is 498. The van der Waals surface area contributed by atoms with Crippen LogP contribution >= 0.6 is 0 Å². The second-order valence-corrected chi connectivity index (χ2v) is 3.90. The minimum Gasteiger partial charge on any atom is -0.478 e. The van der Waals surface area contributed by atoms with Crippen LogP contribution in [0.3, 0.4) is 0 Å². The van der Waals surface area contributed by atoms with Crippen LogP contribution < -0.4 is 10.1 Å². The topological polar surface area (TPSA) is 58.6 Å². The van der Waals surface area contributed by atoms with Gasteiger partial charge in [-0.3, -0.25) is 0 Å². The van der Waals surface area contributed by atoms with Gasteiger partial charge in [-0.25, -0.2) is 4.79 Å². The summed E-state index contributed by atoms with van der Waals surface area (Å²) in [7, 11) is 1.78.